The summed E-state index contributed by atoms with van der Waals surface area (Å²) in [5.74, 6) is 2.13. The van der Waals surface area contributed by atoms with Crippen molar-refractivity contribution >= 4 is 16.5 Å². The fraction of sp³-hybridized carbons (Fsp3) is 0.0638. The van der Waals surface area contributed by atoms with E-state index in [9.17, 15) is 5.26 Å². The zero-order valence-corrected chi connectivity index (χ0v) is 28.3. The van der Waals surface area contributed by atoms with Crippen molar-refractivity contribution in [1.29, 1.82) is 5.26 Å². The minimum Gasteiger partial charge on any atom is -0.378 e. The smallest absolute Gasteiger partial charge is 0.164 e. The average molecular weight is 668 g/mol. The number of nitrogens with zero attached hydrogens (tertiary/aromatic N) is 4. The van der Waals surface area contributed by atoms with Gasteiger partial charge in [-0.2, -0.15) is 5.26 Å². The second kappa shape index (κ2) is 13.4. The Balaban J connectivity index is 1.11. The molecule has 1 aliphatic rings. The molecule has 2 heterocycles. The standard InChI is InChI=1S/C47H33N5/c48-30-31-19-21-34(22-20-31)43-29-41(32-11-4-1-5-12-32)44-40-18-10-17-38(39(40)27-28-42(44)49-43)33-23-25-37(26-24-33)47-51-45(35-13-6-2-7-14-35)50-46(52-47)36-15-8-3-9-16-36/h1-28,41,43,49H,29H2. The van der Waals surface area contributed by atoms with Crippen molar-refractivity contribution in [2.45, 2.75) is 18.4 Å². The molecule has 0 aliphatic carbocycles. The third-order valence-corrected chi connectivity index (χ3v) is 10.1. The molecule has 5 heteroatoms. The third-order valence-electron chi connectivity index (χ3n) is 10.1. The van der Waals surface area contributed by atoms with E-state index in [-0.39, 0.29) is 12.0 Å². The van der Waals surface area contributed by atoms with E-state index in [1.165, 1.54) is 33.0 Å². The summed E-state index contributed by atoms with van der Waals surface area (Å²) >= 11 is 0. The Morgan fingerprint density at radius 2 is 1.04 bits per heavy atom. The number of nitrogens with one attached hydrogen (secondary N) is 1. The number of rotatable bonds is 6. The van der Waals surface area contributed by atoms with Gasteiger partial charge in [-0.05, 0) is 63.2 Å². The molecule has 1 N–H and O–H groups in total. The van der Waals surface area contributed by atoms with E-state index in [1.807, 2.05) is 72.8 Å². The van der Waals surface area contributed by atoms with Gasteiger partial charge < -0.3 is 5.32 Å². The van der Waals surface area contributed by atoms with Crippen molar-refractivity contribution in [2.75, 3.05) is 5.32 Å². The molecule has 0 radical (unpaired) electrons. The van der Waals surface area contributed by atoms with Crippen LogP contribution in [0.3, 0.4) is 0 Å². The van der Waals surface area contributed by atoms with Crippen LogP contribution in [-0.4, -0.2) is 15.0 Å². The molecule has 5 nitrogen and oxygen atoms in total. The van der Waals surface area contributed by atoms with Crippen LogP contribution in [0.25, 0.3) is 56.1 Å². The summed E-state index contributed by atoms with van der Waals surface area (Å²) in [6.07, 6.45) is 0.906. The lowest BCUT2D eigenvalue weighted by atomic mass is 9.77. The predicted octanol–water partition coefficient (Wildman–Crippen LogP) is 11.3. The van der Waals surface area contributed by atoms with Gasteiger partial charge in [-0.3, -0.25) is 0 Å². The highest BCUT2D eigenvalue weighted by Crippen LogP contribution is 2.48. The summed E-state index contributed by atoms with van der Waals surface area (Å²) in [6, 6.07) is 61.0. The van der Waals surface area contributed by atoms with E-state index in [1.54, 1.807) is 0 Å². The number of anilines is 1. The maximum Gasteiger partial charge on any atom is 0.164 e. The minimum absolute atomic E-state index is 0.124. The number of aromatic nitrogens is 3. The SMILES string of the molecule is N#Cc1ccc(C2CC(c3ccccc3)c3c(ccc4c(-c5ccc(-c6nc(-c7ccccc7)nc(-c7ccccc7)n6)cc5)cccc34)N2)cc1. The number of hydrogen-bond donors (Lipinski definition) is 1. The molecule has 9 rings (SSSR count). The van der Waals surface area contributed by atoms with Gasteiger partial charge >= 0.3 is 0 Å². The van der Waals surface area contributed by atoms with Crippen LogP contribution < -0.4 is 5.32 Å². The van der Waals surface area contributed by atoms with Crippen molar-refractivity contribution in [3.8, 4) is 51.4 Å². The van der Waals surface area contributed by atoms with Gasteiger partial charge in [0.1, 0.15) is 0 Å². The molecule has 1 aliphatic heterocycles. The molecule has 2 unspecified atom stereocenters. The molecule has 0 spiro atoms. The van der Waals surface area contributed by atoms with Crippen LogP contribution in [0.5, 0.6) is 0 Å². The summed E-state index contributed by atoms with van der Waals surface area (Å²) in [5.41, 5.74) is 10.8. The van der Waals surface area contributed by atoms with Gasteiger partial charge in [0.15, 0.2) is 17.5 Å². The van der Waals surface area contributed by atoms with Gasteiger partial charge in [0.25, 0.3) is 0 Å². The molecule has 52 heavy (non-hydrogen) atoms. The van der Waals surface area contributed by atoms with Crippen molar-refractivity contribution in [2.24, 2.45) is 0 Å². The minimum atomic E-state index is 0.124. The van der Waals surface area contributed by atoms with Gasteiger partial charge in [-0.1, -0.05) is 152 Å². The molecule has 0 saturated carbocycles. The van der Waals surface area contributed by atoms with Gasteiger partial charge in [-0.25, -0.2) is 15.0 Å². The van der Waals surface area contributed by atoms with E-state index in [0.29, 0.717) is 23.0 Å². The number of nitriles is 1. The second-order valence-electron chi connectivity index (χ2n) is 13.2. The normalized spacial score (nSPS) is 15.0. The summed E-state index contributed by atoms with van der Waals surface area (Å²) < 4.78 is 0. The Morgan fingerprint density at radius 3 is 1.63 bits per heavy atom. The van der Waals surface area contributed by atoms with Crippen molar-refractivity contribution in [1.82, 2.24) is 15.0 Å². The topological polar surface area (TPSA) is 74.5 Å². The van der Waals surface area contributed by atoms with E-state index in [2.05, 4.69) is 108 Å². The molecule has 246 valence electrons. The Labute approximate surface area is 303 Å². The lowest BCUT2D eigenvalue weighted by molar-refractivity contribution is 0.607. The van der Waals surface area contributed by atoms with Crippen LogP contribution in [0.2, 0.25) is 0 Å². The fourth-order valence-corrected chi connectivity index (χ4v) is 7.47. The molecule has 1 aromatic heterocycles. The largest absolute Gasteiger partial charge is 0.378 e. The summed E-state index contributed by atoms with van der Waals surface area (Å²) in [7, 11) is 0. The zero-order chi connectivity index (χ0) is 34.9. The highest BCUT2D eigenvalue weighted by Gasteiger charge is 2.30. The number of fused-ring (bicyclic) bond motifs is 3. The van der Waals surface area contributed by atoms with Crippen LogP contribution in [0.1, 0.15) is 40.6 Å². The van der Waals surface area contributed by atoms with Crippen molar-refractivity contribution in [3.63, 3.8) is 0 Å². The van der Waals surface area contributed by atoms with Gasteiger partial charge in [-0.15, -0.1) is 0 Å². The maximum absolute atomic E-state index is 9.36. The lowest BCUT2D eigenvalue weighted by Gasteiger charge is -2.35. The second-order valence-corrected chi connectivity index (χ2v) is 13.2. The lowest BCUT2D eigenvalue weighted by Crippen LogP contribution is -2.22. The first-order valence-electron chi connectivity index (χ1n) is 17.6. The van der Waals surface area contributed by atoms with E-state index >= 15 is 0 Å². The van der Waals surface area contributed by atoms with E-state index in [0.717, 1.165) is 34.4 Å². The predicted molar refractivity (Wildman–Crippen MR) is 209 cm³/mol. The molecule has 0 fully saturated rings. The van der Waals surface area contributed by atoms with Gasteiger partial charge in [0, 0.05) is 28.3 Å². The zero-order valence-electron chi connectivity index (χ0n) is 28.3. The maximum atomic E-state index is 9.36. The van der Waals surface area contributed by atoms with Crippen LogP contribution in [0.15, 0.2) is 170 Å². The molecule has 8 aromatic rings. The number of hydrogen-bond acceptors (Lipinski definition) is 5. The monoisotopic (exact) mass is 667 g/mol. The highest BCUT2D eigenvalue weighted by atomic mass is 15.0. The molecule has 0 saturated heterocycles. The number of benzene rings is 7. The first-order chi connectivity index (χ1) is 25.7. The van der Waals surface area contributed by atoms with Crippen molar-refractivity contribution < 1.29 is 0 Å². The van der Waals surface area contributed by atoms with E-state index in [4.69, 9.17) is 15.0 Å². The molecular formula is C47H33N5. The third kappa shape index (κ3) is 5.87. The summed E-state index contributed by atoms with van der Waals surface area (Å²) in [5, 5.41) is 15.7. The van der Waals surface area contributed by atoms with Crippen LogP contribution >= 0.6 is 0 Å². The summed E-state index contributed by atoms with van der Waals surface area (Å²) in [6.45, 7) is 0. The fourth-order valence-electron chi connectivity index (χ4n) is 7.47. The molecule has 7 aromatic carbocycles. The summed E-state index contributed by atoms with van der Waals surface area (Å²) in [4.78, 5) is 14.7. The molecular weight excluding hydrogens is 635 g/mol. The van der Waals surface area contributed by atoms with E-state index < -0.39 is 0 Å². The van der Waals surface area contributed by atoms with Crippen molar-refractivity contribution in [3.05, 3.63) is 192 Å². The Morgan fingerprint density at radius 1 is 0.481 bits per heavy atom. The Kier molecular flexibility index (Phi) is 8.03. The molecule has 0 amide bonds. The molecule has 0 bridgehead atoms. The quantitative estimate of drug-likeness (QED) is 0.191. The Bertz CT molecular complexity index is 2500. The first kappa shape index (κ1) is 31.1. The van der Waals surface area contributed by atoms with Gasteiger partial charge in [0.2, 0.25) is 0 Å². The highest BCUT2D eigenvalue weighted by molar-refractivity contribution is 6.01. The first-order valence-corrected chi connectivity index (χ1v) is 17.6. The van der Waals surface area contributed by atoms with Gasteiger partial charge in [0.05, 0.1) is 17.7 Å². The molecule has 2 atom stereocenters. The van der Waals surface area contributed by atoms with Crippen LogP contribution in [0.4, 0.5) is 5.69 Å². The van der Waals surface area contributed by atoms with Crippen LogP contribution in [-0.2, 0) is 0 Å². The average Bonchev–Trinajstić information content (AvgIpc) is 3.24. The van der Waals surface area contributed by atoms with Crippen LogP contribution in [0, 0.1) is 11.3 Å². The Hall–Kier alpha value is -6.90.